The minimum atomic E-state index is -0.282. The fourth-order valence-electron chi connectivity index (χ4n) is 2.42. The summed E-state index contributed by atoms with van der Waals surface area (Å²) in [5.41, 5.74) is 0.999. The van der Waals surface area contributed by atoms with Crippen molar-refractivity contribution in [3.63, 3.8) is 0 Å². The summed E-state index contributed by atoms with van der Waals surface area (Å²) in [4.78, 5) is 14.1. The van der Waals surface area contributed by atoms with E-state index >= 15 is 0 Å². The zero-order chi connectivity index (χ0) is 13.2. The average molecular weight is 239 g/mol. The highest BCUT2D eigenvalue weighted by atomic mass is 16.3. The number of amides is 1. The Morgan fingerprint density at radius 1 is 1.59 bits per heavy atom. The van der Waals surface area contributed by atoms with Crippen molar-refractivity contribution in [3.8, 4) is 0 Å². The summed E-state index contributed by atoms with van der Waals surface area (Å²) in [5.74, 6) is 0.348. The smallest absolute Gasteiger partial charge is 0.232 e. The first kappa shape index (κ1) is 14.2. The van der Waals surface area contributed by atoms with Crippen molar-refractivity contribution in [1.29, 1.82) is 0 Å². The minimum absolute atomic E-state index is 0.0590. The minimum Gasteiger partial charge on any atom is -0.376 e. The van der Waals surface area contributed by atoms with Crippen molar-refractivity contribution in [2.75, 3.05) is 6.73 Å². The number of nitrogens with zero attached hydrogens (tertiary/aromatic N) is 1. The molecule has 1 aliphatic rings. The van der Waals surface area contributed by atoms with E-state index in [9.17, 15) is 9.90 Å². The molecular formula is C14H25NO2. The molecule has 17 heavy (non-hydrogen) atoms. The first-order valence-corrected chi connectivity index (χ1v) is 6.43. The lowest BCUT2D eigenvalue weighted by atomic mass is 9.92. The summed E-state index contributed by atoms with van der Waals surface area (Å²) in [6.07, 6.45) is 3.88. The number of hydrogen-bond acceptors (Lipinski definition) is 2. The first-order valence-electron chi connectivity index (χ1n) is 6.43. The van der Waals surface area contributed by atoms with Crippen LogP contribution >= 0.6 is 0 Å². The maximum Gasteiger partial charge on any atom is 0.232 e. The van der Waals surface area contributed by atoms with Gasteiger partial charge in [0.25, 0.3) is 0 Å². The van der Waals surface area contributed by atoms with Crippen LogP contribution in [0.4, 0.5) is 0 Å². The molecule has 2 unspecified atom stereocenters. The molecule has 2 atom stereocenters. The SMILES string of the molecule is CCC(C)(C)N(CO)C(=O)C1C=C(C)CC1C. The van der Waals surface area contributed by atoms with E-state index in [0.717, 1.165) is 12.8 Å². The number of carbonyl (C=O) groups excluding carboxylic acids is 1. The van der Waals surface area contributed by atoms with E-state index < -0.39 is 0 Å². The van der Waals surface area contributed by atoms with Crippen LogP contribution < -0.4 is 0 Å². The molecule has 0 aromatic carbocycles. The van der Waals surface area contributed by atoms with Crippen molar-refractivity contribution in [1.82, 2.24) is 4.90 Å². The lowest BCUT2D eigenvalue weighted by molar-refractivity contribution is -0.146. The Morgan fingerprint density at radius 2 is 2.18 bits per heavy atom. The Hall–Kier alpha value is -0.830. The number of aliphatic hydroxyl groups is 1. The fourth-order valence-corrected chi connectivity index (χ4v) is 2.42. The van der Waals surface area contributed by atoms with Crippen LogP contribution in [0.5, 0.6) is 0 Å². The summed E-state index contributed by atoms with van der Waals surface area (Å²) in [6.45, 7) is 10.0. The molecule has 0 fully saturated rings. The van der Waals surface area contributed by atoms with Gasteiger partial charge in [-0.05, 0) is 39.5 Å². The van der Waals surface area contributed by atoms with Gasteiger partial charge in [0.15, 0.2) is 0 Å². The molecule has 3 nitrogen and oxygen atoms in total. The molecule has 0 spiro atoms. The molecule has 1 amide bonds. The Labute approximate surface area is 105 Å². The molecule has 0 aromatic rings. The maximum absolute atomic E-state index is 12.5. The molecule has 0 saturated heterocycles. The van der Waals surface area contributed by atoms with Crippen LogP contribution in [-0.2, 0) is 4.79 Å². The largest absolute Gasteiger partial charge is 0.376 e. The van der Waals surface area contributed by atoms with Crippen molar-refractivity contribution < 1.29 is 9.90 Å². The zero-order valence-corrected chi connectivity index (χ0v) is 11.7. The molecular weight excluding hydrogens is 214 g/mol. The molecule has 0 aliphatic heterocycles. The van der Waals surface area contributed by atoms with E-state index in [4.69, 9.17) is 0 Å². The Bertz CT molecular complexity index is 320. The highest BCUT2D eigenvalue weighted by Gasteiger charge is 2.36. The summed E-state index contributed by atoms with van der Waals surface area (Å²) in [7, 11) is 0. The molecule has 1 N–H and O–H groups in total. The van der Waals surface area contributed by atoms with Crippen LogP contribution in [0.2, 0.25) is 0 Å². The highest BCUT2D eigenvalue weighted by Crippen LogP contribution is 2.33. The lowest BCUT2D eigenvalue weighted by Crippen LogP contribution is -2.50. The molecule has 1 rings (SSSR count). The van der Waals surface area contributed by atoms with Crippen molar-refractivity contribution in [3.05, 3.63) is 11.6 Å². The van der Waals surface area contributed by atoms with Crippen LogP contribution in [-0.4, -0.2) is 28.2 Å². The van der Waals surface area contributed by atoms with Gasteiger partial charge in [0.2, 0.25) is 5.91 Å². The van der Waals surface area contributed by atoms with Crippen LogP contribution in [0.3, 0.4) is 0 Å². The van der Waals surface area contributed by atoms with Gasteiger partial charge >= 0.3 is 0 Å². The standard InChI is InChI=1S/C14H25NO2/c1-6-14(4,5)15(9-16)13(17)12-8-10(2)7-11(12)3/h8,11-12,16H,6-7,9H2,1-5H3. The van der Waals surface area contributed by atoms with Crippen LogP contribution in [0, 0.1) is 11.8 Å². The van der Waals surface area contributed by atoms with Crippen LogP contribution in [0.15, 0.2) is 11.6 Å². The van der Waals surface area contributed by atoms with E-state index in [1.54, 1.807) is 4.90 Å². The maximum atomic E-state index is 12.5. The summed E-state index contributed by atoms with van der Waals surface area (Å²) in [6, 6.07) is 0. The molecule has 98 valence electrons. The predicted molar refractivity (Wildman–Crippen MR) is 69.3 cm³/mol. The van der Waals surface area contributed by atoms with Gasteiger partial charge in [0.1, 0.15) is 6.73 Å². The molecule has 0 bridgehead atoms. The van der Waals surface area contributed by atoms with Crippen molar-refractivity contribution >= 4 is 5.91 Å². The Kier molecular flexibility index (Phi) is 4.36. The van der Waals surface area contributed by atoms with Gasteiger partial charge in [-0.1, -0.05) is 25.5 Å². The summed E-state index contributed by atoms with van der Waals surface area (Å²) >= 11 is 0. The monoisotopic (exact) mass is 239 g/mol. The second-order valence-corrected chi connectivity index (χ2v) is 5.79. The topological polar surface area (TPSA) is 40.5 Å². The molecule has 0 saturated carbocycles. The van der Waals surface area contributed by atoms with E-state index in [0.29, 0.717) is 5.92 Å². The average Bonchev–Trinajstić information content (AvgIpc) is 2.58. The summed E-state index contributed by atoms with van der Waals surface area (Å²) in [5, 5.41) is 9.46. The van der Waals surface area contributed by atoms with Crippen molar-refractivity contribution in [2.45, 2.75) is 53.0 Å². The Balaban J connectivity index is 2.87. The van der Waals surface area contributed by atoms with Gasteiger partial charge in [-0.15, -0.1) is 0 Å². The fraction of sp³-hybridized carbons (Fsp3) is 0.786. The number of allylic oxidation sites excluding steroid dienone is 1. The number of carbonyl (C=O) groups is 1. The van der Waals surface area contributed by atoms with Gasteiger partial charge in [0, 0.05) is 5.54 Å². The molecule has 0 heterocycles. The molecule has 1 aliphatic carbocycles. The number of aliphatic hydroxyl groups excluding tert-OH is 1. The predicted octanol–water partition coefficient (Wildman–Crippen LogP) is 2.56. The third kappa shape index (κ3) is 2.89. The van der Waals surface area contributed by atoms with E-state index in [1.807, 2.05) is 20.8 Å². The second-order valence-electron chi connectivity index (χ2n) is 5.79. The van der Waals surface area contributed by atoms with E-state index in [2.05, 4.69) is 19.9 Å². The van der Waals surface area contributed by atoms with E-state index in [1.165, 1.54) is 5.57 Å². The normalized spacial score (nSPS) is 24.7. The van der Waals surface area contributed by atoms with Crippen LogP contribution in [0.1, 0.15) is 47.5 Å². The van der Waals surface area contributed by atoms with Gasteiger partial charge in [-0.3, -0.25) is 4.79 Å². The molecule has 0 aromatic heterocycles. The van der Waals surface area contributed by atoms with Crippen molar-refractivity contribution in [2.24, 2.45) is 11.8 Å². The lowest BCUT2D eigenvalue weighted by Gasteiger charge is -2.38. The third-order valence-electron chi connectivity index (χ3n) is 4.01. The number of rotatable bonds is 4. The third-order valence-corrected chi connectivity index (χ3v) is 4.01. The highest BCUT2D eigenvalue weighted by molar-refractivity contribution is 5.82. The van der Waals surface area contributed by atoms with Gasteiger partial charge in [-0.2, -0.15) is 0 Å². The van der Waals surface area contributed by atoms with E-state index in [-0.39, 0.29) is 24.1 Å². The Morgan fingerprint density at radius 3 is 2.53 bits per heavy atom. The first-order chi connectivity index (χ1) is 7.83. The van der Waals surface area contributed by atoms with Gasteiger partial charge in [0.05, 0.1) is 5.92 Å². The van der Waals surface area contributed by atoms with Gasteiger partial charge < -0.3 is 10.0 Å². The number of hydrogen-bond donors (Lipinski definition) is 1. The quantitative estimate of drug-likeness (QED) is 0.605. The second kappa shape index (κ2) is 5.21. The molecule has 0 radical (unpaired) electrons. The summed E-state index contributed by atoms with van der Waals surface area (Å²) < 4.78 is 0. The molecule has 3 heteroatoms. The van der Waals surface area contributed by atoms with Gasteiger partial charge in [-0.25, -0.2) is 0 Å². The zero-order valence-electron chi connectivity index (χ0n) is 11.7. The van der Waals surface area contributed by atoms with Crippen LogP contribution in [0.25, 0.3) is 0 Å².